The third kappa shape index (κ3) is 4.28. The molecule has 0 aliphatic carbocycles. The molecule has 0 radical (unpaired) electrons. The molecule has 1 heterocycles. The van der Waals surface area contributed by atoms with Gasteiger partial charge < -0.3 is 15.0 Å². The van der Waals surface area contributed by atoms with Crippen LogP contribution in [0.3, 0.4) is 0 Å². The third-order valence-electron chi connectivity index (χ3n) is 2.36. The molecule has 0 aliphatic heterocycles. The zero-order valence-corrected chi connectivity index (χ0v) is 10.1. The lowest BCUT2D eigenvalue weighted by molar-refractivity contribution is 0.0683. The number of hydrogen-bond donors (Lipinski definition) is 1. The maximum absolute atomic E-state index is 5.42. The average molecular weight is 227 g/mol. The topological polar surface area (TPSA) is 74.2 Å². The van der Waals surface area contributed by atoms with Gasteiger partial charge in [-0.05, 0) is 33.2 Å². The van der Waals surface area contributed by atoms with Crippen LogP contribution in [-0.4, -0.2) is 23.3 Å². The van der Waals surface area contributed by atoms with E-state index in [0.29, 0.717) is 18.3 Å². The summed E-state index contributed by atoms with van der Waals surface area (Å²) in [6, 6.07) is 0. The molecule has 1 aromatic rings. The zero-order chi connectivity index (χ0) is 11.8. The van der Waals surface area contributed by atoms with Gasteiger partial charge in [-0.2, -0.15) is 4.98 Å². The Balaban J connectivity index is 2.33. The Hall–Kier alpha value is -0.940. The van der Waals surface area contributed by atoms with Gasteiger partial charge in [-0.1, -0.05) is 11.6 Å². The monoisotopic (exact) mass is 227 g/mol. The molecule has 0 aromatic carbocycles. The minimum Gasteiger partial charge on any atom is -0.371 e. The lowest BCUT2D eigenvalue weighted by atomic mass is 10.2. The molecule has 1 rings (SSSR count). The second-order valence-corrected chi connectivity index (χ2v) is 3.74. The van der Waals surface area contributed by atoms with Crippen molar-refractivity contribution in [3.05, 3.63) is 11.7 Å². The molecule has 16 heavy (non-hydrogen) atoms. The van der Waals surface area contributed by atoms with Crippen LogP contribution in [0.25, 0.3) is 0 Å². The molecule has 92 valence electrons. The number of ether oxygens (including phenoxy) is 1. The predicted octanol–water partition coefficient (Wildman–Crippen LogP) is 1.84. The van der Waals surface area contributed by atoms with Crippen molar-refractivity contribution in [3.8, 4) is 0 Å². The largest absolute Gasteiger partial charge is 0.371 e. The van der Waals surface area contributed by atoms with E-state index in [9.17, 15) is 0 Å². The number of nitrogens with two attached hydrogens (primary N) is 1. The Labute approximate surface area is 96.4 Å². The fourth-order valence-electron chi connectivity index (χ4n) is 1.46. The molecule has 0 bridgehead atoms. The predicted molar refractivity (Wildman–Crippen MR) is 60.9 cm³/mol. The molecule has 1 atom stereocenters. The summed E-state index contributed by atoms with van der Waals surface area (Å²) in [4.78, 5) is 4.29. The van der Waals surface area contributed by atoms with E-state index in [0.717, 1.165) is 32.2 Å². The van der Waals surface area contributed by atoms with Crippen molar-refractivity contribution in [2.24, 2.45) is 5.73 Å². The smallest absolute Gasteiger partial charge is 0.226 e. The lowest BCUT2D eigenvalue weighted by Crippen LogP contribution is -2.01. The second kappa shape index (κ2) is 7.35. The highest BCUT2D eigenvalue weighted by atomic mass is 16.5. The minimum absolute atomic E-state index is 0.0912. The second-order valence-electron chi connectivity index (χ2n) is 3.74. The molecular formula is C11H21N3O2. The van der Waals surface area contributed by atoms with Gasteiger partial charge in [-0.25, -0.2) is 0 Å². The third-order valence-corrected chi connectivity index (χ3v) is 2.36. The summed E-state index contributed by atoms with van der Waals surface area (Å²) in [7, 11) is 0. The molecule has 0 aliphatic rings. The van der Waals surface area contributed by atoms with Crippen LogP contribution in [0.5, 0.6) is 0 Å². The Bertz CT molecular complexity index is 289. The molecular weight excluding hydrogens is 206 g/mol. The van der Waals surface area contributed by atoms with Crippen LogP contribution < -0.4 is 5.73 Å². The normalized spacial score (nSPS) is 12.9. The maximum atomic E-state index is 5.42. The molecule has 5 heteroatoms. The first-order chi connectivity index (χ1) is 7.77. The first kappa shape index (κ1) is 13.1. The van der Waals surface area contributed by atoms with Crippen LogP contribution in [0.15, 0.2) is 4.52 Å². The summed E-state index contributed by atoms with van der Waals surface area (Å²) < 4.78 is 10.5. The van der Waals surface area contributed by atoms with Crippen LogP contribution in [0.1, 0.15) is 50.9 Å². The van der Waals surface area contributed by atoms with Crippen molar-refractivity contribution in [3.63, 3.8) is 0 Å². The lowest BCUT2D eigenvalue weighted by Gasteiger charge is -2.04. The van der Waals surface area contributed by atoms with Gasteiger partial charge in [0.15, 0.2) is 5.82 Å². The molecule has 5 nitrogen and oxygen atoms in total. The van der Waals surface area contributed by atoms with Gasteiger partial charge in [0.2, 0.25) is 5.89 Å². The number of rotatable bonds is 8. The van der Waals surface area contributed by atoms with E-state index < -0.39 is 0 Å². The SMILES string of the molecule is CCOC(C)c1noc(CCCCCN)n1. The van der Waals surface area contributed by atoms with Gasteiger partial charge in [0, 0.05) is 13.0 Å². The molecule has 1 aromatic heterocycles. The number of nitrogens with zero attached hydrogens (tertiary/aromatic N) is 2. The summed E-state index contributed by atoms with van der Waals surface area (Å²) in [5.41, 5.74) is 5.42. The molecule has 2 N–H and O–H groups in total. The highest BCUT2D eigenvalue weighted by molar-refractivity contribution is 4.89. The van der Waals surface area contributed by atoms with Gasteiger partial charge in [0.05, 0.1) is 0 Å². The number of aryl methyl sites for hydroxylation is 1. The maximum Gasteiger partial charge on any atom is 0.226 e. The van der Waals surface area contributed by atoms with E-state index in [-0.39, 0.29) is 6.10 Å². The molecule has 0 saturated heterocycles. The molecule has 0 saturated carbocycles. The fourth-order valence-corrected chi connectivity index (χ4v) is 1.46. The summed E-state index contributed by atoms with van der Waals surface area (Å²) in [6.45, 7) is 5.27. The van der Waals surface area contributed by atoms with Gasteiger partial charge in [0.25, 0.3) is 0 Å². The molecule has 1 unspecified atom stereocenters. The molecule has 0 fully saturated rings. The van der Waals surface area contributed by atoms with Crippen LogP contribution >= 0.6 is 0 Å². The summed E-state index contributed by atoms with van der Waals surface area (Å²) in [5.74, 6) is 1.33. The molecule has 0 amide bonds. The van der Waals surface area contributed by atoms with Crippen LogP contribution in [0.4, 0.5) is 0 Å². The van der Waals surface area contributed by atoms with Crippen LogP contribution in [0, 0.1) is 0 Å². The van der Waals surface area contributed by atoms with Gasteiger partial charge in [-0.15, -0.1) is 0 Å². The summed E-state index contributed by atoms with van der Waals surface area (Å²) in [5, 5.41) is 3.90. The van der Waals surface area contributed by atoms with Crippen LogP contribution in [0.2, 0.25) is 0 Å². The number of hydrogen-bond acceptors (Lipinski definition) is 5. The molecule has 0 spiro atoms. The van der Waals surface area contributed by atoms with Gasteiger partial charge >= 0.3 is 0 Å². The van der Waals surface area contributed by atoms with Crippen molar-refractivity contribution < 1.29 is 9.26 Å². The van der Waals surface area contributed by atoms with Crippen molar-refractivity contribution >= 4 is 0 Å². The number of aromatic nitrogens is 2. The first-order valence-electron chi connectivity index (χ1n) is 5.92. The highest BCUT2D eigenvalue weighted by Crippen LogP contribution is 2.13. The number of unbranched alkanes of at least 4 members (excludes halogenated alkanes) is 2. The van der Waals surface area contributed by atoms with Crippen molar-refractivity contribution in [1.29, 1.82) is 0 Å². The summed E-state index contributed by atoms with van der Waals surface area (Å²) >= 11 is 0. The van der Waals surface area contributed by atoms with E-state index in [2.05, 4.69) is 10.1 Å². The quantitative estimate of drug-likeness (QED) is 0.686. The fraction of sp³-hybridized carbons (Fsp3) is 0.818. The Morgan fingerprint density at radius 3 is 2.88 bits per heavy atom. The van der Waals surface area contributed by atoms with E-state index in [1.165, 1.54) is 0 Å². The van der Waals surface area contributed by atoms with E-state index in [1.807, 2.05) is 13.8 Å². The van der Waals surface area contributed by atoms with E-state index >= 15 is 0 Å². The van der Waals surface area contributed by atoms with Crippen LogP contribution in [-0.2, 0) is 11.2 Å². The van der Waals surface area contributed by atoms with Gasteiger partial charge in [0.1, 0.15) is 6.10 Å². The zero-order valence-electron chi connectivity index (χ0n) is 10.1. The van der Waals surface area contributed by atoms with E-state index in [4.69, 9.17) is 15.0 Å². The Morgan fingerprint density at radius 2 is 2.19 bits per heavy atom. The van der Waals surface area contributed by atoms with E-state index in [1.54, 1.807) is 0 Å². The average Bonchev–Trinajstić information content (AvgIpc) is 2.73. The van der Waals surface area contributed by atoms with Crippen molar-refractivity contribution in [1.82, 2.24) is 10.1 Å². The minimum atomic E-state index is -0.0912. The van der Waals surface area contributed by atoms with Crippen molar-refractivity contribution in [2.75, 3.05) is 13.2 Å². The highest BCUT2D eigenvalue weighted by Gasteiger charge is 2.13. The first-order valence-corrected chi connectivity index (χ1v) is 5.92. The standard InChI is InChI=1S/C11H21N3O2/c1-3-15-9(2)11-13-10(16-14-11)7-5-4-6-8-12/h9H,3-8,12H2,1-2H3. The Morgan fingerprint density at radius 1 is 1.38 bits per heavy atom. The Kier molecular flexibility index (Phi) is 6.03. The van der Waals surface area contributed by atoms with Gasteiger partial charge in [-0.3, -0.25) is 0 Å². The van der Waals surface area contributed by atoms with Crippen molar-refractivity contribution in [2.45, 2.75) is 45.6 Å². The summed E-state index contributed by atoms with van der Waals surface area (Å²) in [6.07, 6.45) is 3.94.